The maximum Gasteiger partial charge on any atom is 0.414 e. The standard InChI is InChI=1S/C21H23F2N5O6S/c1-14(29)25-11-16-13-27(21(30)34-16)15-9-18(22)20(19(23)10-15)26-5-6-28(33-8-7-26)35(31,32)17-3-2-4-24-12-17/h2-4,9-10,12,16H,5-8,11,13H2,1H3,(H,25,29)/t16-/m0/s1. The third-order valence-corrected chi connectivity index (χ3v) is 7.09. The molecule has 35 heavy (non-hydrogen) atoms. The second-order valence-electron chi connectivity index (χ2n) is 7.85. The number of carbonyl (C=O) groups excluding carboxylic acids is 2. The van der Waals surface area contributed by atoms with E-state index >= 15 is 8.78 Å². The van der Waals surface area contributed by atoms with Crippen LogP contribution >= 0.6 is 0 Å². The van der Waals surface area contributed by atoms with Gasteiger partial charge in [0.1, 0.15) is 16.7 Å². The van der Waals surface area contributed by atoms with Crippen molar-refractivity contribution < 1.29 is 36.4 Å². The molecule has 2 amide bonds. The van der Waals surface area contributed by atoms with Crippen molar-refractivity contribution in [2.24, 2.45) is 0 Å². The molecule has 1 N–H and O–H groups in total. The van der Waals surface area contributed by atoms with E-state index in [9.17, 15) is 18.0 Å². The monoisotopic (exact) mass is 511 g/mol. The van der Waals surface area contributed by atoms with E-state index in [2.05, 4.69) is 10.3 Å². The lowest BCUT2D eigenvalue weighted by Crippen LogP contribution is -2.35. The van der Waals surface area contributed by atoms with Gasteiger partial charge < -0.3 is 15.0 Å². The quantitative estimate of drug-likeness (QED) is 0.616. The Balaban J connectivity index is 1.48. The molecule has 1 atom stereocenters. The fraction of sp³-hybridized carbons (Fsp3) is 0.381. The Morgan fingerprint density at radius 2 is 1.97 bits per heavy atom. The summed E-state index contributed by atoms with van der Waals surface area (Å²) in [6.07, 6.45) is 1.17. The molecule has 0 aliphatic carbocycles. The maximum atomic E-state index is 15.1. The molecule has 0 spiro atoms. The van der Waals surface area contributed by atoms with Gasteiger partial charge >= 0.3 is 6.09 Å². The van der Waals surface area contributed by atoms with E-state index in [-0.39, 0.29) is 61.5 Å². The molecule has 1 aromatic carbocycles. The van der Waals surface area contributed by atoms with Crippen molar-refractivity contribution >= 4 is 33.4 Å². The van der Waals surface area contributed by atoms with Gasteiger partial charge in [-0.2, -0.15) is 0 Å². The topological polar surface area (TPSA) is 121 Å². The molecular weight excluding hydrogens is 488 g/mol. The van der Waals surface area contributed by atoms with Crippen LogP contribution in [0.3, 0.4) is 0 Å². The summed E-state index contributed by atoms with van der Waals surface area (Å²) in [5.41, 5.74) is -0.397. The average Bonchev–Trinajstić information content (AvgIpc) is 3.02. The van der Waals surface area contributed by atoms with E-state index in [0.717, 1.165) is 21.5 Å². The van der Waals surface area contributed by atoms with Gasteiger partial charge in [0.05, 0.1) is 31.9 Å². The van der Waals surface area contributed by atoms with Crippen LogP contribution < -0.4 is 15.1 Å². The number of hydroxylamine groups is 1. The fourth-order valence-corrected chi connectivity index (χ4v) is 4.98. The molecule has 2 saturated heterocycles. The third-order valence-electron chi connectivity index (χ3n) is 5.43. The number of ether oxygens (including phenoxy) is 1. The first-order valence-electron chi connectivity index (χ1n) is 10.7. The van der Waals surface area contributed by atoms with Gasteiger partial charge in [-0.05, 0) is 12.1 Å². The minimum Gasteiger partial charge on any atom is -0.442 e. The van der Waals surface area contributed by atoms with E-state index in [4.69, 9.17) is 9.57 Å². The summed E-state index contributed by atoms with van der Waals surface area (Å²) in [6.45, 7) is 1.07. The maximum absolute atomic E-state index is 15.1. The molecule has 2 aliphatic rings. The van der Waals surface area contributed by atoms with Crippen molar-refractivity contribution in [3.63, 3.8) is 0 Å². The largest absolute Gasteiger partial charge is 0.442 e. The molecule has 11 nitrogen and oxygen atoms in total. The first-order valence-corrected chi connectivity index (χ1v) is 12.1. The lowest BCUT2D eigenvalue weighted by atomic mass is 10.2. The number of cyclic esters (lactones) is 1. The molecule has 14 heteroatoms. The lowest BCUT2D eigenvalue weighted by molar-refractivity contribution is -0.119. The zero-order valence-electron chi connectivity index (χ0n) is 18.7. The Morgan fingerprint density at radius 1 is 1.23 bits per heavy atom. The summed E-state index contributed by atoms with van der Waals surface area (Å²) in [5.74, 6) is -2.16. The van der Waals surface area contributed by atoms with Gasteiger partial charge in [-0.3, -0.25) is 19.5 Å². The molecule has 2 aliphatic heterocycles. The summed E-state index contributed by atoms with van der Waals surface area (Å²) in [5, 5.41) is 2.53. The Hall–Kier alpha value is -3.36. The normalized spacial score (nSPS) is 19.4. The van der Waals surface area contributed by atoms with Crippen LogP contribution in [0.5, 0.6) is 0 Å². The number of hydrogen-bond acceptors (Lipinski definition) is 8. The van der Waals surface area contributed by atoms with Crippen LogP contribution in [0.2, 0.25) is 0 Å². The number of anilines is 2. The van der Waals surface area contributed by atoms with Crippen LogP contribution in [0.1, 0.15) is 6.92 Å². The first kappa shape index (κ1) is 24.8. The molecular formula is C21H23F2N5O6S. The Morgan fingerprint density at radius 3 is 2.63 bits per heavy atom. The molecule has 3 heterocycles. The lowest BCUT2D eigenvalue weighted by Gasteiger charge is -2.24. The van der Waals surface area contributed by atoms with Crippen LogP contribution in [-0.2, 0) is 24.4 Å². The Bertz CT molecular complexity index is 1190. The fourth-order valence-electron chi connectivity index (χ4n) is 3.77. The summed E-state index contributed by atoms with van der Waals surface area (Å²) in [7, 11) is -4.00. The molecule has 0 radical (unpaired) electrons. The number of carbonyl (C=O) groups is 2. The van der Waals surface area contributed by atoms with Crippen molar-refractivity contribution in [3.8, 4) is 0 Å². The van der Waals surface area contributed by atoms with Crippen molar-refractivity contribution in [2.75, 3.05) is 49.1 Å². The minimum absolute atomic E-state index is 0.00998. The number of nitrogens with zero attached hydrogens (tertiary/aromatic N) is 4. The zero-order valence-corrected chi connectivity index (χ0v) is 19.5. The molecule has 4 rings (SSSR count). The molecule has 0 bridgehead atoms. The van der Waals surface area contributed by atoms with Crippen LogP contribution in [0.4, 0.5) is 25.0 Å². The third kappa shape index (κ3) is 5.33. The Kier molecular flexibility index (Phi) is 7.14. The van der Waals surface area contributed by atoms with Crippen molar-refractivity contribution in [2.45, 2.75) is 17.9 Å². The molecule has 0 saturated carbocycles. The first-order chi connectivity index (χ1) is 16.7. The molecule has 188 valence electrons. The number of aromatic nitrogens is 1. The predicted molar refractivity (Wildman–Crippen MR) is 119 cm³/mol. The Labute approximate surface area is 200 Å². The van der Waals surface area contributed by atoms with Gasteiger partial charge in [0.2, 0.25) is 5.91 Å². The van der Waals surface area contributed by atoms with E-state index in [1.54, 1.807) is 0 Å². The highest BCUT2D eigenvalue weighted by molar-refractivity contribution is 7.89. The zero-order chi connectivity index (χ0) is 25.2. The van der Waals surface area contributed by atoms with Crippen molar-refractivity contribution in [1.82, 2.24) is 14.8 Å². The number of nitrogens with one attached hydrogen (secondary N) is 1. The second-order valence-corrected chi connectivity index (χ2v) is 9.68. The molecule has 2 aromatic rings. The number of sulfonamides is 1. The second kappa shape index (κ2) is 10.1. The highest BCUT2D eigenvalue weighted by Gasteiger charge is 2.34. The number of rotatable bonds is 6. The number of hydrogen-bond donors (Lipinski definition) is 1. The summed E-state index contributed by atoms with van der Waals surface area (Å²) < 4.78 is 61.6. The summed E-state index contributed by atoms with van der Waals surface area (Å²) in [4.78, 5) is 34.8. The molecule has 0 unspecified atom stereocenters. The summed E-state index contributed by atoms with van der Waals surface area (Å²) in [6, 6.07) is 4.87. The van der Waals surface area contributed by atoms with Crippen molar-refractivity contribution in [1.29, 1.82) is 0 Å². The van der Waals surface area contributed by atoms with E-state index in [1.807, 2.05) is 0 Å². The van der Waals surface area contributed by atoms with Crippen LogP contribution in [0.25, 0.3) is 0 Å². The predicted octanol–water partition coefficient (Wildman–Crippen LogP) is 1.26. The number of benzene rings is 1. The SMILES string of the molecule is CC(=O)NC[C@H]1CN(c2cc(F)c(N3CCON(S(=O)(=O)c4cccnc4)CC3)c(F)c2)C(=O)O1. The van der Waals surface area contributed by atoms with Crippen LogP contribution in [0.15, 0.2) is 41.6 Å². The van der Waals surface area contributed by atoms with E-state index in [1.165, 1.54) is 36.4 Å². The average molecular weight is 512 g/mol. The van der Waals surface area contributed by atoms with Gasteiger partial charge in [0, 0.05) is 44.5 Å². The van der Waals surface area contributed by atoms with E-state index in [0.29, 0.717) is 0 Å². The smallest absolute Gasteiger partial charge is 0.414 e. The number of amides is 2. The van der Waals surface area contributed by atoms with Gasteiger partial charge in [-0.1, -0.05) is 4.47 Å². The van der Waals surface area contributed by atoms with Crippen molar-refractivity contribution in [3.05, 3.63) is 48.3 Å². The van der Waals surface area contributed by atoms with E-state index < -0.39 is 33.9 Å². The highest BCUT2D eigenvalue weighted by atomic mass is 32.2. The van der Waals surface area contributed by atoms with Crippen LogP contribution in [-0.4, -0.2) is 75.3 Å². The number of pyridine rings is 1. The molecule has 1 aromatic heterocycles. The molecule has 2 fully saturated rings. The van der Waals surface area contributed by atoms with Gasteiger partial charge in [-0.25, -0.2) is 22.0 Å². The van der Waals surface area contributed by atoms with Gasteiger partial charge in [0.25, 0.3) is 10.0 Å². The summed E-state index contributed by atoms with van der Waals surface area (Å²) >= 11 is 0. The van der Waals surface area contributed by atoms with Gasteiger partial charge in [-0.15, -0.1) is 0 Å². The number of halogens is 2. The minimum atomic E-state index is -4.00. The van der Waals surface area contributed by atoms with Crippen LogP contribution in [0, 0.1) is 11.6 Å². The highest BCUT2D eigenvalue weighted by Crippen LogP contribution is 2.31. The van der Waals surface area contributed by atoms with Gasteiger partial charge in [0.15, 0.2) is 11.6 Å².